The summed E-state index contributed by atoms with van der Waals surface area (Å²) >= 11 is 3.42. The predicted molar refractivity (Wildman–Crippen MR) is 128 cm³/mol. The highest BCUT2D eigenvalue weighted by Crippen LogP contribution is 2.32. The van der Waals surface area contributed by atoms with Crippen LogP contribution in [-0.2, 0) is 11.5 Å². The van der Waals surface area contributed by atoms with Crippen molar-refractivity contribution in [2.45, 2.75) is 21.3 Å². The van der Waals surface area contributed by atoms with E-state index in [1.165, 1.54) is 11.1 Å². The molecule has 4 rings (SSSR count). The van der Waals surface area contributed by atoms with Gasteiger partial charge in [0.05, 0.1) is 0 Å². The highest BCUT2D eigenvalue weighted by atomic mass is 32.2. The first-order valence-electron chi connectivity index (χ1n) is 9.87. The summed E-state index contributed by atoms with van der Waals surface area (Å²) in [6, 6.07) is 36.6. The number of hydrogen-bond donors (Lipinski definition) is 0. The van der Waals surface area contributed by atoms with Crippen LogP contribution in [0, 0.1) is 0 Å². The van der Waals surface area contributed by atoms with Crippen molar-refractivity contribution in [1.82, 2.24) is 0 Å². The van der Waals surface area contributed by atoms with Gasteiger partial charge < -0.3 is 0 Å². The molecule has 4 aromatic rings. The molecular formula is C27H22OS2. The molecule has 0 saturated carbocycles. The van der Waals surface area contributed by atoms with Gasteiger partial charge in [-0.25, -0.2) is 0 Å². The molecule has 0 aliphatic carbocycles. The molecule has 0 saturated heterocycles. The molecule has 0 heterocycles. The number of carbonyl (C=O) groups excluding carboxylic acids is 1. The maximum absolute atomic E-state index is 13.5. The van der Waals surface area contributed by atoms with E-state index in [9.17, 15) is 4.79 Å². The first kappa shape index (κ1) is 20.5. The zero-order valence-corrected chi connectivity index (χ0v) is 18.2. The van der Waals surface area contributed by atoms with Gasteiger partial charge in [-0.15, -0.1) is 23.5 Å². The second kappa shape index (κ2) is 10.3. The van der Waals surface area contributed by atoms with Gasteiger partial charge in [-0.1, -0.05) is 84.9 Å². The molecule has 0 N–H and O–H groups in total. The normalized spacial score (nSPS) is 10.7. The molecule has 0 amide bonds. The maximum atomic E-state index is 13.5. The molecule has 0 unspecified atom stereocenters. The van der Waals surface area contributed by atoms with E-state index in [0.29, 0.717) is 0 Å². The third-order valence-electron chi connectivity index (χ3n) is 4.74. The van der Waals surface area contributed by atoms with Gasteiger partial charge in [-0.3, -0.25) is 4.79 Å². The fourth-order valence-corrected chi connectivity index (χ4v) is 5.19. The fraction of sp³-hybridized carbons (Fsp3) is 0.0741. The van der Waals surface area contributed by atoms with Crippen molar-refractivity contribution in [3.05, 3.63) is 131 Å². The molecule has 0 spiro atoms. The average Bonchev–Trinajstić information content (AvgIpc) is 2.83. The highest BCUT2D eigenvalue weighted by Gasteiger charge is 2.17. The lowest BCUT2D eigenvalue weighted by atomic mass is 10.0. The Labute approximate surface area is 186 Å². The molecule has 0 radical (unpaired) electrons. The lowest BCUT2D eigenvalue weighted by molar-refractivity contribution is 0.103. The molecule has 0 atom stereocenters. The number of rotatable bonds is 8. The Hall–Kier alpha value is -2.75. The minimum atomic E-state index is 0.0855. The monoisotopic (exact) mass is 426 g/mol. The van der Waals surface area contributed by atoms with Crippen LogP contribution >= 0.6 is 23.5 Å². The lowest BCUT2D eigenvalue weighted by Gasteiger charge is -2.12. The number of carbonyl (C=O) groups is 1. The average molecular weight is 427 g/mol. The fourth-order valence-electron chi connectivity index (χ4n) is 3.18. The smallest absolute Gasteiger partial charge is 0.195 e. The molecule has 30 heavy (non-hydrogen) atoms. The second-order valence-corrected chi connectivity index (χ2v) is 8.90. The SMILES string of the molecule is O=C(c1ccccc1SCc1ccccc1)c1ccccc1SCc1ccccc1. The van der Waals surface area contributed by atoms with Crippen LogP contribution in [0.4, 0.5) is 0 Å². The van der Waals surface area contributed by atoms with E-state index in [1.807, 2.05) is 84.9 Å². The topological polar surface area (TPSA) is 17.1 Å². The summed E-state index contributed by atoms with van der Waals surface area (Å²) in [6.45, 7) is 0. The van der Waals surface area contributed by atoms with Crippen LogP contribution in [0.3, 0.4) is 0 Å². The van der Waals surface area contributed by atoms with Gasteiger partial charge in [0.1, 0.15) is 0 Å². The van der Waals surface area contributed by atoms with Crippen LogP contribution in [0.15, 0.2) is 119 Å². The Morgan fingerprint density at radius 2 is 0.867 bits per heavy atom. The summed E-state index contributed by atoms with van der Waals surface area (Å²) < 4.78 is 0. The molecule has 0 fully saturated rings. The summed E-state index contributed by atoms with van der Waals surface area (Å²) in [5.74, 6) is 1.77. The first-order valence-corrected chi connectivity index (χ1v) is 11.8. The summed E-state index contributed by atoms with van der Waals surface area (Å²) in [5.41, 5.74) is 4.05. The Balaban J connectivity index is 1.55. The summed E-state index contributed by atoms with van der Waals surface area (Å²) in [7, 11) is 0. The summed E-state index contributed by atoms with van der Waals surface area (Å²) in [6.07, 6.45) is 0. The standard InChI is InChI=1S/C27H22OS2/c28-27(23-15-7-9-17-25(23)29-19-21-11-3-1-4-12-21)24-16-8-10-18-26(24)30-20-22-13-5-2-6-14-22/h1-18H,19-20H2. The van der Waals surface area contributed by atoms with E-state index < -0.39 is 0 Å². The number of hydrogen-bond acceptors (Lipinski definition) is 3. The Morgan fingerprint density at radius 3 is 1.30 bits per heavy atom. The maximum Gasteiger partial charge on any atom is 0.195 e. The molecule has 3 heteroatoms. The number of ketones is 1. The van der Waals surface area contributed by atoms with Crippen molar-refractivity contribution >= 4 is 29.3 Å². The molecule has 148 valence electrons. The van der Waals surface area contributed by atoms with Crippen molar-refractivity contribution < 1.29 is 4.79 Å². The van der Waals surface area contributed by atoms with Gasteiger partial charge in [-0.05, 0) is 35.4 Å². The van der Waals surface area contributed by atoms with Crippen LogP contribution in [-0.4, -0.2) is 5.78 Å². The first-order chi connectivity index (χ1) is 14.8. The van der Waals surface area contributed by atoms with E-state index in [-0.39, 0.29) is 5.78 Å². The van der Waals surface area contributed by atoms with Crippen LogP contribution < -0.4 is 0 Å². The number of benzene rings is 4. The minimum absolute atomic E-state index is 0.0855. The van der Waals surface area contributed by atoms with Crippen molar-refractivity contribution in [3.63, 3.8) is 0 Å². The van der Waals surface area contributed by atoms with Crippen LogP contribution in [0.2, 0.25) is 0 Å². The molecule has 0 aliphatic heterocycles. The molecular weight excluding hydrogens is 404 g/mol. The Kier molecular flexibility index (Phi) is 7.07. The summed E-state index contributed by atoms with van der Waals surface area (Å²) in [4.78, 5) is 15.5. The zero-order chi connectivity index (χ0) is 20.6. The van der Waals surface area contributed by atoms with E-state index >= 15 is 0 Å². The van der Waals surface area contributed by atoms with Crippen molar-refractivity contribution in [2.24, 2.45) is 0 Å². The van der Waals surface area contributed by atoms with Crippen molar-refractivity contribution in [1.29, 1.82) is 0 Å². The Bertz CT molecular complexity index is 1020. The van der Waals surface area contributed by atoms with E-state index in [2.05, 4.69) is 24.3 Å². The Morgan fingerprint density at radius 1 is 0.500 bits per heavy atom. The van der Waals surface area contributed by atoms with Gasteiger partial charge in [0, 0.05) is 32.4 Å². The van der Waals surface area contributed by atoms with Crippen LogP contribution in [0.1, 0.15) is 27.0 Å². The van der Waals surface area contributed by atoms with Gasteiger partial charge >= 0.3 is 0 Å². The predicted octanol–water partition coefficient (Wildman–Crippen LogP) is 7.50. The molecule has 0 aliphatic rings. The molecule has 0 aromatic heterocycles. The molecule has 4 aromatic carbocycles. The summed E-state index contributed by atoms with van der Waals surface area (Å²) in [5, 5.41) is 0. The van der Waals surface area contributed by atoms with Crippen molar-refractivity contribution in [2.75, 3.05) is 0 Å². The van der Waals surface area contributed by atoms with Gasteiger partial charge in [0.25, 0.3) is 0 Å². The van der Waals surface area contributed by atoms with E-state index in [4.69, 9.17) is 0 Å². The van der Waals surface area contributed by atoms with E-state index in [0.717, 1.165) is 32.4 Å². The minimum Gasteiger partial charge on any atom is -0.289 e. The zero-order valence-electron chi connectivity index (χ0n) is 16.5. The number of thioether (sulfide) groups is 2. The van der Waals surface area contributed by atoms with Crippen LogP contribution in [0.5, 0.6) is 0 Å². The quantitative estimate of drug-likeness (QED) is 0.214. The molecule has 0 bridgehead atoms. The van der Waals surface area contributed by atoms with Gasteiger partial charge in [0.15, 0.2) is 5.78 Å². The van der Waals surface area contributed by atoms with Crippen molar-refractivity contribution in [3.8, 4) is 0 Å². The largest absolute Gasteiger partial charge is 0.289 e. The third kappa shape index (κ3) is 5.24. The van der Waals surface area contributed by atoms with Gasteiger partial charge in [-0.2, -0.15) is 0 Å². The van der Waals surface area contributed by atoms with Gasteiger partial charge in [0.2, 0.25) is 0 Å². The third-order valence-corrected chi connectivity index (χ3v) is 7.03. The van der Waals surface area contributed by atoms with Crippen LogP contribution in [0.25, 0.3) is 0 Å². The second-order valence-electron chi connectivity index (χ2n) is 6.87. The highest BCUT2D eigenvalue weighted by molar-refractivity contribution is 7.99. The van der Waals surface area contributed by atoms with E-state index in [1.54, 1.807) is 23.5 Å². The molecule has 1 nitrogen and oxygen atoms in total. The lowest BCUT2D eigenvalue weighted by Crippen LogP contribution is -2.05.